The third-order valence-corrected chi connectivity index (χ3v) is 5.84. The maximum absolute atomic E-state index is 12.3. The highest BCUT2D eigenvalue weighted by atomic mass is 32.2. The molecule has 1 fully saturated rings. The summed E-state index contributed by atoms with van der Waals surface area (Å²) in [7, 11) is 0. The Labute approximate surface area is 165 Å². The molecule has 1 saturated heterocycles. The van der Waals surface area contributed by atoms with E-state index in [0.717, 1.165) is 5.57 Å². The lowest BCUT2D eigenvalue weighted by Crippen LogP contribution is -2.68. The zero-order valence-corrected chi connectivity index (χ0v) is 15.7. The summed E-state index contributed by atoms with van der Waals surface area (Å²) < 4.78 is 1.81. The van der Waals surface area contributed by atoms with Crippen LogP contribution >= 0.6 is 11.8 Å². The summed E-state index contributed by atoms with van der Waals surface area (Å²) in [6, 6.07) is 2.33. The van der Waals surface area contributed by atoms with Gasteiger partial charge in [0.15, 0.2) is 18.9 Å². The first kappa shape index (κ1) is 19.9. The van der Waals surface area contributed by atoms with E-state index in [9.17, 15) is 24.3 Å². The number of carboxylic acids is 2. The Hall–Kier alpha value is -2.88. The Morgan fingerprint density at radius 3 is 2.64 bits per heavy atom. The number of nitrogens with zero attached hydrogens (tertiary/aromatic N) is 2. The molecule has 1 aromatic rings. The van der Waals surface area contributed by atoms with Gasteiger partial charge in [-0.15, -0.1) is 11.8 Å². The van der Waals surface area contributed by atoms with Crippen LogP contribution in [0, 0.1) is 0 Å². The van der Waals surface area contributed by atoms with Crippen LogP contribution < -0.4 is 15.0 Å². The van der Waals surface area contributed by atoms with Crippen molar-refractivity contribution in [3.8, 4) is 0 Å². The maximum atomic E-state index is 12.3. The number of nitrogens with one attached hydrogen (secondary N) is 1. The van der Waals surface area contributed by atoms with Gasteiger partial charge in [0, 0.05) is 48.1 Å². The molecule has 2 aliphatic rings. The predicted molar refractivity (Wildman–Crippen MR) is 95.6 cm³/mol. The average molecular weight is 405 g/mol. The third kappa shape index (κ3) is 4.50. The van der Waals surface area contributed by atoms with E-state index in [2.05, 4.69) is 5.32 Å². The van der Waals surface area contributed by atoms with Crippen molar-refractivity contribution in [1.82, 2.24) is 10.2 Å². The highest BCUT2D eigenvalue weighted by molar-refractivity contribution is 8.00. The van der Waals surface area contributed by atoms with Crippen molar-refractivity contribution < 1.29 is 34.0 Å². The number of carboxylic acid groups (broad SMARTS) is 2. The normalized spacial score (nSPS) is 20.6. The minimum absolute atomic E-state index is 0.0764. The zero-order valence-electron chi connectivity index (χ0n) is 14.9. The van der Waals surface area contributed by atoms with E-state index in [1.807, 2.05) is 4.57 Å². The molecular weight excluding hydrogens is 386 g/mol. The fourth-order valence-corrected chi connectivity index (χ4v) is 4.28. The predicted octanol–water partition coefficient (Wildman–Crippen LogP) is -1.12. The van der Waals surface area contributed by atoms with E-state index < -0.39 is 18.0 Å². The monoisotopic (exact) mass is 405 g/mol. The molecule has 28 heavy (non-hydrogen) atoms. The van der Waals surface area contributed by atoms with Crippen LogP contribution in [0.25, 0.3) is 0 Å². The molecule has 0 spiro atoms. The van der Waals surface area contributed by atoms with Crippen LogP contribution in [0.4, 0.5) is 0 Å². The molecule has 2 aliphatic heterocycles. The lowest BCUT2D eigenvalue weighted by molar-refractivity contribution is -0.689. The van der Waals surface area contributed by atoms with Gasteiger partial charge in [-0.1, -0.05) is 0 Å². The van der Waals surface area contributed by atoms with E-state index in [1.165, 1.54) is 12.1 Å². The number of thioether (sulfide) groups is 1. The molecule has 2 atom stereocenters. The number of hydrogen-bond acceptors (Lipinski definition) is 6. The smallest absolute Gasteiger partial charge is 0.303 e. The van der Waals surface area contributed by atoms with E-state index >= 15 is 0 Å². The van der Waals surface area contributed by atoms with Crippen LogP contribution in [-0.4, -0.2) is 50.9 Å². The van der Waals surface area contributed by atoms with Crippen molar-refractivity contribution in [1.29, 1.82) is 0 Å². The quantitative estimate of drug-likeness (QED) is 0.414. The number of hydrogen-bond donors (Lipinski definition) is 2. The summed E-state index contributed by atoms with van der Waals surface area (Å²) in [6.07, 6.45) is 5.29. The summed E-state index contributed by atoms with van der Waals surface area (Å²) in [5.74, 6) is -2.03. The Morgan fingerprint density at radius 1 is 1.29 bits per heavy atom. The van der Waals surface area contributed by atoms with Gasteiger partial charge >= 0.3 is 5.97 Å². The molecule has 3 rings (SSSR count). The molecule has 0 bridgehead atoms. The molecule has 10 heteroatoms. The summed E-state index contributed by atoms with van der Waals surface area (Å²) in [4.78, 5) is 47.0. The lowest BCUT2D eigenvalue weighted by atomic mass is 10.1. The number of amides is 2. The molecule has 0 saturated carbocycles. The summed E-state index contributed by atoms with van der Waals surface area (Å²) in [5.41, 5.74) is 1.09. The van der Waals surface area contributed by atoms with Gasteiger partial charge in [0.05, 0.1) is 5.97 Å². The lowest BCUT2D eigenvalue weighted by Gasteiger charge is -2.47. The van der Waals surface area contributed by atoms with Crippen LogP contribution in [0.15, 0.2) is 36.3 Å². The Kier molecular flexibility index (Phi) is 5.98. The van der Waals surface area contributed by atoms with Crippen molar-refractivity contribution >= 4 is 35.5 Å². The first-order chi connectivity index (χ1) is 13.3. The van der Waals surface area contributed by atoms with Crippen LogP contribution in [0.5, 0.6) is 0 Å². The van der Waals surface area contributed by atoms with E-state index in [-0.39, 0.29) is 42.0 Å². The fourth-order valence-electron chi connectivity index (χ4n) is 3.03. The van der Waals surface area contributed by atoms with Crippen LogP contribution in [0.1, 0.15) is 29.6 Å². The summed E-state index contributed by atoms with van der Waals surface area (Å²) in [6.45, 7) is 0.517. The van der Waals surface area contributed by atoms with Crippen LogP contribution in [0.2, 0.25) is 0 Å². The zero-order chi connectivity index (χ0) is 20.3. The second-order valence-corrected chi connectivity index (χ2v) is 7.68. The van der Waals surface area contributed by atoms with Gasteiger partial charge in [-0.3, -0.25) is 14.4 Å². The SMILES string of the molecule is O=C(O)CCCC(=O)NC1C(=O)N2C=C(C[n+]3ccc(C(=O)[O-])cc3)CS[C@H]12. The van der Waals surface area contributed by atoms with Gasteiger partial charge in [-0.2, -0.15) is 0 Å². The van der Waals surface area contributed by atoms with E-state index in [0.29, 0.717) is 12.3 Å². The van der Waals surface area contributed by atoms with Gasteiger partial charge in [0.1, 0.15) is 11.4 Å². The molecule has 0 aromatic carbocycles. The maximum Gasteiger partial charge on any atom is 0.303 e. The minimum Gasteiger partial charge on any atom is -0.545 e. The molecule has 1 unspecified atom stereocenters. The van der Waals surface area contributed by atoms with Gasteiger partial charge < -0.3 is 25.2 Å². The van der Waals surface area contributed by atoms with Crippen LogP contribution in [-0.2, 0) is 20.9 Å². The molecule has 0 aliphatic carbocycles. The van der Waals surface area contributed by atoms with E-state index in [4.69, 9.17) is 5.11 Å². The third-order valence-electron chi connectivity index (χ3n) is 4.46. The van der Waals surface area contributed by atoms with Crippen molar-refractivity contribution in [2.45, 2.75) is 37.2 Å². The molecule has 1 aromatic heterocycles. The average Bonchev–Trinajstić information content (AvgIpc) is 2.66. The first-order valence-electron chi connectivity index (χ1n) is 8.70. The van der Waals surface area contributed by atoms with Gasteiger partial charge in [-0.25, -0.2) is 4.57 Å². The van der Waals surface area contributed by atoms with Crippen molar-refractivity contribution in [3.63, 3.8) is 0 Å². The number of carbonyl (C=O) groups excluding carboxylic acids is 3. The second-order valence-electron chi connectivity index (χ2n) is 6.57. The topological polar surface area (TPSA) is 131 Å². The minimum atomic E-state index is -1.23. The summed E-state index contributed by atoms with van der Waals surface area (Å²) in [5, 5.41) is 21.9. The Balaban J connectivity index is 1.53. The first-order valence-corrected chi connectivity index (χ1v) is 9.75. The largest absolute Gasteiger partial charge is 0.545 e. The standard InChI is InChI=1S/C18H19N3O6S/c22-13(2-1-3-14(23)24)19-15-16(25)21-9-11(10-28-17(15)21)8-20-6-4-12(5-7-20)18(26)27/h4-7,9,15,17H,1-3,8,10H2,(H2-,19,22,23,24,26,27)/t15?,17-/m1/s1. The fraction of sp³-hybridized carbons (Fsp3) is 0.389. The summed E-state index contributed by atoms with van der Waals surface area (Å²) >= 11 is 1.54. The van der Waals surface area contributed by atoms with Crippen molar-refractivity contribution in [2.24, 2.45) is 0 Å². The molecule has 9 nitrogen and oxygen atoms in total. The number of pyridine rings is 1. The highest BCUT2D eigenvalue weighted by Gasteiger charge is 2.49. The molecule has 148 valence electrons. The highest BCUT2D eigenvalue weighted by Crippen LogP contribution is 2.36. The van der Waals surface area contributed by atoms with Gasteiger partial charge in [-0.05, 0) is 6.42 Å². The number of rotatable bonds is 8. The Bertz CT molecular complexity index is 838. The number of aromatic carboxylic acids is 1. The van der Waals surface area contributed by atoms with Crippen molar-refractivity contribution in [2.75, 3.05) is 5.75 Å². The van der Waals surface area contributed by atoms with Gasteiger partial charge in [0.25, 0.3) is 5.91 Å². The Morgan fingerprint density at radius 2 is 2.00 bits per heavy atom. The molecule has 3 heterocycles. The van der Waals surface area contributed by atoms with E-state index in [1.54, 1.807) is 35.3 Å². The number of fused-ring (bicyclic) bond motifs is 1. The molecule has 2 amide bonds. The number of aromatic nitrogens is 1. The van der Waals surface area contributed by atoms with Gasteiger partial charge in [0.2, 0.25) is 5.91 Å². The number of carbonyl (C=O) groups is 4. The molecule has 2 N–H and O–H groups in total. The number of aliphatic carboxylic acids is 1. The van der Waals surface area contributed by atoms with Crippen LogP contribution in [0.3, 0.4) is 0 Å². The second kappa shape index (κ2) is 8.42. The molecule has 0 radical (unpaired) electrons. The number of β-lactam (4-membered cyclic amide) rings is 1. The van der Waals surface area contributed by atoms with Crippen molar-refractivity contribution in [3.05, 3.63) is 41.9 Å². The molecular formula is C18H19N3O6S.